The second-order valence-electron chi connectivity index (χ2n) is 7.90. The Balaban J connectivity index is 2.10. The Hall–Kier alpha value is -2.38. The van der Waals surface area contributed by atoms with Crippen molar-refractivity contribution in [2.45, 2.75) is 38.0 Å². The Morgan fingerprint density at radius 3 is 1.94 bits per heavy atom. The van der Waals surface area contributed by atoms with Crippen molar-refractivity contribution in [1.82, 2.24) is 3.97 Å². The van der Waals surface area contributed by atoms with Crippen LogP contribution in [-0.2, 0) is 16.4 Å². The van der Waals surface area contributed by atoms with Crippen LogP contribution in [0.2, 0.25) is 0 Å². The summed E-state index contributed by atoms with van der Waals surface area (Å²) in [5, 5.41) is 0. The highest BCUT2D eigenvalue weighted by molar-refractivity contribution is 14.1. The fraction of sp³-hybridized carbons (Fsp3) is 0.185. The van der Waals surface area contributed by atoms with E-state index in [1.807, 2.05) is 67.6 Å². The summed E-state index contributed by atoms with van der Waals surface area (Å²) >= 11 is 2.34. The van der Waals surface area contributed by atoms with Gasteiger partial charge < -0.3 is 0 Å². The summed E-state index contributed by atoms with van der Waals surface area (Å²) in [4.78, 5) is 0.309. The molecule has 5 heteroatoms. The molecule has 0 aliphatic carbocycles. The quantitative estimate of drug-likeness (QED) is 0.224. The van der Waals surface area contributed by atoms with E-state index in [-0.39, 0.29) is 0 Å². The molecule has 1 aromatic heterocycles. The van der Waals surface area contributed by atoms with Gasteiger partial charge in [0.05, 0.1) is 10.6 Å². The first kappa shape index (κ1) is 22.8. The van der Waals surface area contributed by atoms with Crippen molar-refractivity contribution in [3.63, 3.8) is 0 Å². The van der Waals surface area contributed by atoms with E-state index >= 15 is 0 Å². The predicted octanol–water partition coefficient (Wildman–Crippen LogP) is 7.31. The van der Waals surface area contributed by atoms with Crippen LogP contribution in [0.3, 0.4) is 0 Å². The Labute approximate surface area is 204 Å². The molecule has 0 spiro atoms. The molecule has 0 atom stereocenters. The summed E-state index contributed by atoms with van der Waals surface area (Å²) in [6.45, 7) is 4.09. The molecule has 0 N–H and O–H groups in total. The van der Waals surface area contributed by atoms with Gasteiger partial charge in [0.2, 0.25) is 0 Å². The van der Waals surface area contributed by atoms with Crippen molar-refractivity contribution < 1.29 is 8.42 Å². The van der Waals surface area contributed by atoms with Crippen LogP contribution in [0.25, 0.3) is 22.4 Å². The zero-order chi connectivity index (χ0) is 22.7. The van der Waals surface area contributed by atoms with Gasteiger partial charge in [-0.2, -0.15) is 0 Å². The molecule has 4 aromatic rings. The molecular formula is C27H26INO2S. The molecular weight excluding hydrogens is 529 g/mol. The topological polar surface area (TPSA) is 39.1 Å². The lowest BCUT2D eigenvalue weighted by molar-refractivity contribution is 0.584. The Kier molecular flexibility index (Phi) is 6.86. The van der Waals surface area contributed by atoms with Gasteiger partial charge in [-0.15, -0.1) is 0 Å². The van der Waals surface area contributed by atoms with Crippen molar-refractivity contribution in [2.24, 2.45) is 0 Å². The number of aromatic nitrogens is 1. The molecule has 0 amide bonds. The maximum absolute atomic E-state index is 14.1. The van der Waals surface area contributed by atoms with Crippen LogP contribution in [0, 0.1) is 10.5 Å². The first-order valence-corrected chi connectivity index (χ1v) is 13.3. The summed E-state index contributed by atoms with van der Waals surface area (Å²) in [5.74, 6) is 0. The van der Waals surface area contributed by atoms with E-state index in [4.69, 9.17) is 0 Å². The molecule has 3 nitrogen and oxygen atoms in total. The molecule has 32 heavy (non-hydrogen) atoms. The number of unbranched alkanes of at least 4 members (excludes halogenated alkanes) is 1. The summed E-state index contributed by atoms with van der Waals surface area (Å²) in [6.07, 6.45) is 2.62. The molecule has 0 aliphatic heterocycles. The summed E-state index contributed by atoms with van der Waals surface area (Å²) in [5.41, 5.74) is 5.50. The van der Waals surface area contributed by atoms with Crippen molar-refractivity contribution in [2.75, 3.05) is 0 Å². The van der Waals surface area contributed by atoms with Crippen LogP contribution in [0.5, 0.6) is 0 Å². The number of nitrogens with zero attached hydrogens (tertiary/aromatic N) is 1. The van der Waals surface area contributed by atoms with Gasteiger partial charge in [0.1, 0.15) is 0 Å². The summed E-state index contributed by atoms with van der Waals surface area (Å²) in [6, 6.07) is 27.0. The van der Waals surface area contributed by atoms with Crippen LogP contribution in [0.4, 0.5) is 0 Å². The van der Waals surface area contributed by atoms with E-state index in [9.17, 15) is 8.42 Å². The second-order valence-corrected chi connectivity index (χ2v) is 10.8. The van der Waals surface area contributed by atoms with Crippen LogP contribution in [-0.4, -0.2) is 12.4 Å². The molecule has 0 saturated heterocycles. The average molecular weight is 555 g/mol. The average Bonchev–Trinajstić information content (AvgIpc) is 3.12. The van der Waals surface area contributed by atoms with Crippen LogP contribution < -0.4 is 0 Å². The zero-order valence-corrected chi connectivity index (χ0v) is 21.2. The fourth-order valence-corrected chi connectivity index (χ4v) is 6.78. The second kappa shape index (κ2) is 9.63. The first-order chi connectivity index (χ1) is 15.4. The largest absolute Gasteiger partial charge is 0.268 e. The van der Waals surface area contributed by atoms with E-state index in [0.29, 0.717) is 11.3 Å². The minimum atomic E-state index is -3.79. The van der Waals surface area contributed by atoms with Crippen molar-refractivity contribution in [3.05, 3.63) is 99.8 Å². The molecule has 3 aromatic carbocycles. The van der Waals surface area contributed by atoms with E-state index < -0.39 is 10.0 Å². The van der Waals surface area contributed by atoms with E-state index in [0.717, 1.165) is 50.1 Å². The van der Waals surface area contributed by atoms with E-state index in [2.05, 4.69) is 41.6 Å². The molecule has 0 saturated carbocycles. The molecule has 164 valence electrons. The molecule has 0 unspecified atom stereocenters. The van der Waals surface area contributed by atoms with Crippen molar-refractivity contribution >= 4 is 32.6 Å². The van der Waals surface area contributed by atoms with E-state index in [1.54, 1.807) is 16.1 Å². The third-order valence-corrected chi connectivity index (χ3v) is 8.51. The number of halogens is 1. The maximum Gasteiger partial charge on any atom is 0.268 e. The maximum atomic E-state index is 14.1. The van der Waals surface area contributed by atoms with Gasteiger partial charge >= 0.3 is 0 Å². The van der Waals surface area contributed by atoms with Crippen LogP contribution >= 0.6 is 22.6 Å². The summed E-state index contributed by atoms with van der Waals surface area (Å²) < 4.78 is 30.8. The third kappa shape index (κ3) is 4.28. The van der Waals surface area contributed by atoms with Gasteiger partial charge in [-0.3, -0.25) is 0 Å². The highest BCUT2D eigenvalue weighted by Gasteiger charge is 2.30. The number of hydrogen-bond donors (Lipinski definition) is 0. The smallest absolute Gasteiger partial charge is 0.236 e. The number of benzene rings is 3. The fourth-order valence-electron chi connectivity index (χ4n) is 3.94. The molecule has 0 aliphatic rings. The Morgan fingerprint density at radius 2 is 1.38 bits per heavy atom. The first-order valence-electron chi connectivity index (χ1n) is 10.8. The Bertz CT molecular complexity index is 1310. The molecule has 0 bridgehead atoms. The summed E-state index contributed by atoms with van der Waals surface area (Å²) in [7, 11) is -3.79. The standard InChI is InChI=1S/C27H26INO2S/c1-3-4-15-24-26(28)25(21-11-7-5-8-12-21)27(22-13-9-6-10-14-22)29(24)32(30,31)23-18-16-20(2)17-19-23/h5-14,16-19H,3-4,15H2,1-2H3. The van der Waals surface area contributed by atoms with Gasteiger partial charge in [-0.05, 0) is 65.6 Å². The van der Waals surface area contributed by atoms with Gasteiger partial charge in [-0.25, -0.2) is 12.4 Å². The normalized spacial score (nSPS) is 11.6. The highest BCUT2D eigenvalue weighted by Crippen LogP contribution is 2.42. The third-order valence-electron chi connectivity index (χ3n) is 5.59. The monoisotopic (exact) mass is 555 g/mol. The molecule has 4 rings (SSSR count). The molecule has 0 radical (unpaired) electrons. The van der Waals surface area contributed by atoms with Gasteiger partial charge in [0, 0.05) is 14.8 Å². The Morgan fingerprint density at radius 1 is 0.812 bits per heavy atom. The van der Waals surface area contributed by atoms with Gasteiger partial charge in [-0.1, -0.05) is 91.7 Å². The minimum Gasteiger partial charge on any atom is -0.236 e. The molecule has 1 heterocycles. The van der Waals surface area contributed by atoms with Crippen molar-refractivity contribution in [1.29, 1.82) is 0 Å². The van der Waals surface area contributed by atoms with Crippen LogP contribution in [0.15, 0.2) is 89.8 Å². The van der Waals surface area contributed by atoms with Crippen molar-refractivity contribution in [3.8, 4) is 22.4 Å². The SMILES string of the molecule is CCCCc1c(I)c(-c2ccccc2)c(-c2ccccc2)n1S(=O)(=O)c1ccc(C)cc1. The number of aryl methyl sites for hydroxylation is 1. The lowest BCUT2D eigenvalue weighted by atomic mass is 10.0. The zero-order valence-electron chi connectivity index (χ0n) is 18.3. The number of rotatable bonds is 7. The number of hydrogen-bond acceptors (Lipinski definition) is 2. The lowest BCUT2D eigenvalue weighted by Crippen LogP contribution is -2.17. The van der Waals surface area contributed by atoms with E-state index in [1.165, 1.54) is 0 Å². The van der Waals surface area contributed by atoms with Gasteiger partial charge in [0.15, 0.2) is 0 Å². The van der Waals surface area contributed by atoms with Gasteiger partial charge in [0.25, 0.3) is 10.0 Å². The van der Waals surface area contributed by atoms with Crippen LogP contribution in [0.1, 0.15) is 31.0 Å². The highest BCUT2D eigenvalue weighted by atomic mass is 127. The lowest BCUT2D eigenvalue weighted by Gasteiger charge is -2.16. The minimum absolute atomic E-state index is 0.309. The molecule has 0 fully saturated rings. The predicted molar refractivity (Wildman–Crippen MR) is 140 cm³/mol.